The lowest BCUT2D eigenvalue weighted by Crippen LogP contribution is -2.38. The predicted octanol–water partition coefficient (Wildman–Crippen LogP) is 4.52. The van der Waals surface area contributed by atoms with E-state index in [2.05, 4.69) is 51.7 Å². The highest BCUT2D eigenvalue weighted by atomic mass is 16.1. The van der Waals surface area contributed by atoms with E-state index in [9.17, 15) is 4.79 Å². The number of benzene rings is 1. The summed E-state index contributed by atoms with van der Waals surface area (Å²) in [5.74, 6) is 0.631. The number of rotatable bonds is 3. The standard InChI is InChI=1S/C18H27NO/c1-7-19-9-8-18(5,6)16-11-14(12(2)3)10-15(13(4)20)17(16)19/h10-12H,7-9H2,1-6H3. The van der Waals surface area contributed by atoms with Gasteiger partial charge in [0, 0.05) is 18.7 Å². The molecule has 0 fully saturated rings. The van der Waals surface area contributed by atoms with Gasteiger partial charge in [0.25, 0.3) is 0 Å². The van der Waals surface area contributed by atoms with Crippen molar-refractivity contribution in [2.45, 2.75) is 59.3 Å². The van der Waals surface area contributed by atoms with Gasteiger partial charge >= 0.3 is 0 Å². The number of nitrogens with zero attached hydrogens (tertiary/aromatic N) is 1. The van der Waals surface area contributed by atoms with Crippen molar-refractivity contribution in [1.82, 2.24) is 0 Å². The van der Waals surface area contributed by atoms with Crippen LogP contribution in [0.1, 0.15) is 75.4 Å². The molecule has 0 aromatic heterocycles. The largest absolute Gasteiger partial charge is 0.371 e. The van der Waals surface area contributed by atoms with Gasteiger partial charge in [-0.25, -0.2) is 0 Å². The Morgan fingerprint density at radius 1 is 1.35 bits per heavy atom. The Morgan fingerprint density at radius 2 is 2.00 bits per heavy atom. The fraction of sp³-hybridized carbons (Fsp3) is 0.611. The number of carbonyl (C=O) groups excluding carboxylic acids is 1. The van der Waals surface area contributed by atoms with Gasteiger partial charge in [-0.15, -0.1) is 0 Å². The molecule has 0 amide bonds. The summed E-state index contributed by atoms with van der Waals surface area (Å²) in [4.78, 5) is 14.5. The van der Waals surface area contributed by atoms with Crippen LogP contribution in [0.4, 0.5) is 5.69 Å². The third-order valence-corrected chi connectivity index (χ3v) is 4.61. The molecule has 2 rings (SSSR count). The second-order valence-electron chi connectivity index (χ2n) is 6.89. The quantitative estimate of drug-likeness (QED) is 0.755. The Bertz CT molecular complexity index is 528. The summed E-state index contributed by atoms with van der Waals surface area (Å²) in [6.45, 7) is 14.8. The first kappa shape index (κ1) is 15.1. The predicted molar refractivity (Wildman–Crippen MR) is 86.1 cm³/mol. The minimum Gasteiger partial charge on any atom is -0.371 e. The average Bonchev–Trinajstić information content (AvgIpc) is 2.37. The van der Waals surface area contributed by atoms with Crippen molar-refractivity contribution in [2.75, 3.05) is 18.0 Å². The minimum absolute atomic E-state index is 0.149. The van der Waals surface area contributed by atoms with Gasteiger partial charge in [0.1, 0.15) is 0 Å². The molecule has 0 unspecified atom stereocenters. The monoisotopic (exact) mass is 273 g/mol. The van der Waals surface area contributed by atoms with Crippen molar-refractivity contribution in [1.29, 1.82) is 0 Å². The summed E-state index contributed by atoms with van der Waals surface area (Å²) < 4.78 is 0. The molecule has 0 N–H and O–H groups in total. The number of hydrogen-bond acceptors (Lipinski definition) is 2. The molecular formula is C18H27NO. The van der Waals surface area contributed by atoms with Crippen molar-refractivity contribution in [3.8, 4) is 0 Å². The fourth-order valence-electron chi connectivity index (χ4n) is 3.09. The summed E-state index contributed by atoms with van der Waals surface area (Å²) in [5, 5.41) is 0. The van der Waals surface area contributed by atoms with Gasteiger partial charge < -0.3 is 4.90 Å². The molecule has 0 aliphatic carbocycles. The van der Waals surface area contributed by atoms with E-state index in [0.29, 0.717) is 5.92 Å². The third-order valence-electron chi connectivity index (χ3n) is 4.61. The van der Waals surface area contributed by atoms with Crippen LogP contribution in [0, 0.1) is 0 Å². The van der Waals surface area contributed by atoms with Crippen LogP contribution in [0.5, 0.6) is 0 Å². The maximum absolute atomic E-state index is 12.1. The average molecular weight is 273 g/mol. The molecule has 1 aromatic rings. The number of hydrogen-bond donors (Lipinski definition) is 0. The van der Waals surface area contributed by atoms with Gasteiger partial charge in [0.15, 0.2) is 5.78 Å². The van der Waals surface area contributed by atoms with Crippen LogP contribution >= 0.6 is 0 Å². The zero-order chi connectivity index (χ0) is 15.1. The van der Waals surface area contributed by atoms with Crippen molar-refractivity contribution >= 4 is 11.5 Å². The maximum atomic E-state index is 12.1. The summed E-state index contributed by atoms with van der Waals surface area (Å²) in [5.41, 5.74) is 4.86. The lowest BCUT2D eigenvalue weighted by molar-refractivity contribution is 0.101. The smallest absolute Gasteiger partial charge is 0.161 e. The molecule has 0 saturated heterocycles. The van der Waals surface area contributed by atoms with Gasteiger partial charge in [0.05, 0.1) is 5.69 Å². The Balaban J connectivity index is 2.75. The van der Waals surface area contributed by atoms with Crippen LogP contribution < -0.4 is 4.90 Å². The second kappa shape index (κ2) is 5.23. The Kier molecular flexibility index (Phi) is 3.95. The van der Waals surface area contributed by atoms with E-state index in [0.717, 1.165) is 25.1 Å². The number of anilines is 1. The van der Waals surface area contributed by atoms with Crippen molar-refractivity contribution in [3.63, 3.8) is 0 Å². The lowest BCUT2D eigenvalue weighted by atomic mass is 9.75. The Morgan fingerprint density at radius 3 is 2.50 bits per heavy atom. The summed E-state index contributed by atoms with van der Waals surface area (Å²) in [6.07, 6.45) is 1.15. The molecule has 1 aliphatic rings. The topological polar surface area (TPSA) is 20.3 Å². The van der Waals surface area contributed by atoms with Crippen molar-refractivity contribution in [3.05, 3.63) is 28.8 Å². The SMILES string of the molecule is CCN1CCC(C)(C)c2cc(C(C)C)cc(C(C)=O)c21. The first-order chi connectivity index (χ1) is 9.27. The molecule has 1 heterocycles. The van der Waals surface area contributed by atoms with Crippen molar-refractivity contribution < 1.29 is 4.79 Å². The van der Waals surface area contributed by atoms with E-state index in [-0.39, 0.29) is 11.2 Å². The molecule has 0 atom stereocenters. The summed E-state index contributed by atoms with van der Waals surface area (Å²) in [6, 6.07) is 4.43. The second-order valence-corrected chi connectivity index (χ2v) is 6.89. The minimum atomic E-state index is 0.149. The molecule has 0 saturated carbocycles. The van der Waals surface area contributed by atoms with E-state index < -0.39 is 0 Å². The first-order valence-corrected chi connectivity index (χ1v) is 7.72. The zero-order valence-corrected chi connectivity index (χ0v) is 13.7. The molecule has 2 heteroatoms. The number of ketones is 1. The molecule has 2 nitrogen and oxygen atoms in total. The Hall–Kier alpha value is -1.31. The number of fused-ring (bicyclic) bond motifs is 1. The molecule has 0 radical (unpaired) electrons. The summed E-state index contributed by atoms with van der Waals surface area (Å²) in [7, 11) is 0. The molecule has 20 heavy (non-hydrogen) atoms. The van der Waals surface area contributed by atoms with Gasteiger partial charge in [0.2, 0.25) is 0 Å². The number of Topliss-reactive ketones (excluding diaryl/α,β-unsaturated/α-hetero) is 1. The van der Waals surface area contributed by atoms with E-state index >= 15 is 0 Å². The maximum Gasteiger partial charge on any atom is 0.161 e. The normalized spacial score (nSPS) is 17.2. The highest BCUT2D eigenvalue weighted by Crippen LogP contribution is 2.43. The molecule has 0 spiro atoms. The van der Waals surface area contributed by atoms with E-state index in [4.69, 9.17) is 0 Å². The third kappa shape index (κ3) is 2.48. The molecule has 1 aliphatic heterocycles. The van der Waals surface area contributed by atoms with Crippen LogP contribution in [0.15, 0.2) is 12.1 Å². The molecule has 0 bridgehead atoms. The van der Waals surface area contributed by atoms with E-state index in [1.54, 1.807) is 6.92 Å². The summed E-state index contributed by atoms with van der Waals surface area (Å²) >= 11 is 0. The van der Waals surface area contributed by atoms with Crippen LogP contribution in [0.3, 0.4) is 0 Å². The van der Waals surface area contributed by atoms with Crippen LogP contribution in [0.2, 0.25) is 0 Å². The van der Waals surface area contributed by atoms with E-state index in [1.165, 1.54) is 16.8 Å². The van der Waals surface area contributed by atoms with Gasteiger partial charge in [-0.05, 0) is 48.8 Å². The zero-order valence-electron chi connectivity index (χ0n) is 13.7. The highest BCUT2D eigenvalue weighted by Gasteiger charge is 2.33. The fourth-order valence-corrected chi connectivity index (χ4v) is 3.09. The lowest BCUT2D eigenvalue weighted by Gasteiger charge is -2.41. The Labute approximate surface area is 123 Å². The molecular weight excluding hydrogens is 246 g/mol. The van der Waals surface area contributed by atoms with Crippen molar-refractivity contribution in [2.24, 2.45) is 0 Å². The van der Waals surface area contributed by atoms with Gasteiger partial charge in [-0.2, -0.15) is 0 Å². The highest BCUT2D eigenvalue weighted by molar-refractivity contribution is 6.01. The van der Waals surface area contributed by atoms with Crippen LogP contribution in [-0.2, 0) is 5.41 Å². The van der Waals surface area contributed by atoms with Crippen LogP contribution in [0.25, 0.3) is 0 Å². The molecule has 1 aromatic carbocycles. The van der Waals surface area contributed by atoms with Crippen LogP contribution in [-0.4, -0.2) is 18.9 Å². The first-order valence-electron chi connectivity index (χ1n) is 7.72. The van der Waals surface area contributed by atoms with Gasteiger partial charge in [-0.1, -0.05) is 33.8 Å². The van der Waals surface area contributed by atoms with E-state index in [1.807, 2.05) is 0 Å². The molecule has 110 valence electrons. The number of carbonyl (C=O) groups is 1. The van der Waals surface area contributed by atoms with Gasteiger partial charge in [-0.3, -0.25) is 4.79 Å².